The van der Waals surface area contributed by atoms with Crippen LogP contribution in [0.5, 0.6) is 0 Å². The lowest BCUT2D eigenvalue weighted by atomic mass is 9.50. The minimum absolute atomic E-state index is 0.0653. The van der Waals surface area contributed by atoms with Gasteiger partial charge in [-0.05, 0) is 87.2 Å². The SMILES string of the molecule is C=C1C[C@H]2[C@@H]3CCC4=CC(=O)CC[C@@H]4[C@H]3CC[C@]2(C)[C@@]1(OC(=O)CCCCC)C(C)=O. The molecule has 6 atom stereocenters. The summed E-state index contributed by atoms with van der Waals surface area (Å²) >= 11 is 0. The van der Waals surface area contributed by atoms with Crippen molar-refractivity contribution in [1.29, 1.82) is 0 Å². The van der Waals surface area contributed by atoms with Crippen LogP contribution in [0.1, 0.15) is 91.4 Å². The minimum atomic E-state index is -1.18. The van der Waals surface area contributed by atoms with Crippen molar-refractivity contribution < 1.29 is 19.1 Å². The van der Waals surface area contributed by atoms with E-state index in [4.69, 9.17) is 4.74 Å². The van der Waals surface area contributed by atoms with Crippen LogP contribution >= 0.6 is 0 Å². The van der Waals surface area contributed by atoms with Crippen molar-refractivity contribution in [1.82, 2.24) is 0 Å². The van der Waals surface area contributed by atoms with Crippen molar-refractivity contribution in [3.05, 3.63) is 23.8 Å². The highest BCUT2D eigenvalue weighted by Crippen LogP contribution is 2.67. The lowest BCUT2D eigenvalue weighted by molar-refractivity contribution is -0.182. The number of fused-ring (bicyclic) bond motifs is 5. The number of hydrogen-bond acceptors (Lipinski definition) is 4. The van der Waals surface area contributed by atoms with Gasteiger partial charge in [0.15, 0.2) is 17.2 Å². The summed E-state index contributed by atoms with van der Waals surface area (Å²) in [6, 6.07) is 0. The van der Waals surface area contributed by atoms with Crippen LogP contribution in [-0.4, -0.2) is 23.1 Å². The summed E-state index contributed by atoms with van der Waals surface area (Å²) in [5.41, 5.74) is 0.601. The van der Waals surface area contributed by atoms with E-state index in [0.29, 0.717) is 36.5 Å². The molecule has 4 nitrogen and oxygen atoms in total. The number of ether oxygens (including phenoxy) is 1. The van der Waals surface area contributed by atoms with E-state index in [1.165, 1.54) is 5.57 Å². The molecule has 0 aromatic heterocycles. The highest BCUT2D eigenvalue weighted by Gasteiger charge is 2.68. The number of Topliss-reactive ketones (excluding diaryl/α,β-unsaturated/α-hetero) is 1. The second-order valence-electron chi connectivity index (χ2n) is 10.7. The largest absolute Gasteiger partial charge is 0.446 e. The fourth-order valence-electron chi connectivity index (χ4n) is 7.78. The summed E-state index contributed by atoms with van der Waals surface area (Å²) < 4.78 is 6.15. The van der Waals surface area contributed by atoms with Crippen LogP contribution < -0.4 is 0 Å². The summed E-state index contributed by atoms with van der Waals surface area (Å²) in [4.78, 5) is 37.9. The summed E-state index contributed by atoms with van der Waals surface area (Å²) in [7, 11) is 0. The van der Waals surface area contributed by atoms with E-state index in [2.05, 4.69) is 20.4 Å². The van der Waals surface area contributed by atoms with Crippen LogP contribution in [0.3, 0.4) is 0 Å². The smallest absolute Gasteiger partial charge is 0.307 e. The Morgan fingerprint density at radius 2 is 1.94 bits per heavy atom. The van der Waals surface area contributed by atoms with Crippen molar-refractivity contribution in [2.24, 2.45) is 29.1 Å². The molecule has 4 heteroatoms. The molecule has 0 amide bonds. The van der Waals surface area contributed by atoms with Gasteiger partial charge in [0.05, 0.1) is 0 Å². The molecule has 3 fully saturated rings. The highest BCUT2D eigenvalue weighted by atomic mass is 16.6. The lowest BCUT2D eigenvalue weighted by Crippen LogP contribution is -2.58. The molecule has 31 heavy (non-hydrogen) atoms. The molecule has 0 N–H and O–H groups in total. The molecule has 0 aromatic carbocycles. The molecule has 4 aliphatic rings. The molecule has 0 aromatic rings. The number of unbranched alkanes of at least 4 members (excludes halogenated alkanes) is 2. The number of esters is 1. The molecule has 0 spiro atoms. The van der Waals surface area contributed by atoms with Crippen LogP contribution in [0.15, 0.2) is 23.8 Å². The summed E-state index contributed by atoms with van der Waals surface area (Å²) in [6.45, 7) is 10.2. The average Bonchev–Trinajstić information content (AvgIpc) is 2.95. The van der Waals surface area contributed by atoms with Gasteiger partial charge in [0.2, 0.25) is 0 Å². The first-order chi connectivity index (χ1) is 14.7. The summed E-state index contributed by atoms with van der Waals surface area (Å²) in [5, 5.41) is 0. The standard InChI is InChI=1S/C27H38O4/c1-5-6-7-8-25(30)31-27(18(3)28)17(2)15-24-23-11-9-19-16-20(29)10-12-21(19)22(23)13-14-26(24,27)4/h16,21-24H,2,5-15H2,1,3-4H3/t21-,22+,23+,24-,26-,27-/m0/s1. The summed E-state index contributed by atoms with van der Waals surface area (Å²) in [5.74, 6) is 1.86. The Bertz CT molecular complexity index is 823. The van der Waals surface area contributed by atoms with E-state index in [1.807, 2.05) is 6.08 Å². The van der Waals surface area contributed by atoms with Crippen molar-refractivity contribution >= 4 is 17.5 Å². The number of hydrogen-bond donors (Lipinski definition) is 0. The number of rotatable bonds is 6. The zero-order valence-corrected chi connectivity index (χ0v) is 19.5. The molecular formula is C27H38O4. The topological polar surface area (TPSA) is 60.4 Å². The number of ketones is 2. The van der Waals surface area contributed by atoms with Crippen LogP contribution in [0.2, 0.25) is 0 Å². The van der Waals surface area contributed by atoms with Gasteiger partial charge in [-0.1, -0.05) is 38.8 Å². The van der Waals surface area contributed by atoms with Gasteiger partial charge < -0.3 is 4.74 Å². The first-order valence-corrected chi connectivity index (χ1v) is 12.4. The van der Waals surface area contributed by atoms with Crippen molar-refractivity contribution in [2.75, 3.05) is 0 Å². The van der Waals surface area contributed by atoms with Gasteiger partial charge in [-0.2, -0.15) is 0 Å². The Kier molecular flexibility index (Phi) is 6.04. The maximum absolute atomic E-state index is 13.1. The lowest BCUT2D eigenvalue weighted by Gasteiger charge is -2.55. The predicted molar refractivity (Wildman–Crippen MR) is 120 cm³/mol. The zero-order valence-electron chi connectivity index (χ0n) is 19.5. The molecule has 170 valence electrons. The van der Waals surface area contributed by atoms with Gasteiger partial charge in [0, 0.05) is 18.3 Å². The minimum Gasteiger partial charge on any atom is -0.446 e. The molecule has 0 aliphatic heterocycles. The van der Waals surface area contributed by atoms with Gasteiger partial charge in [0.25, 0.3) is 0 Å². The number of carbonyl (C=O) groups is 3. The third kappa shape index (κ3) is 3.45. The Labute approximate surface area is 186 Å². The Morgan fingerprint density at radius 3 is 2.65 bits per heavy atom. The number of carbonyl (C=O) groups excluding carboxylic acids is 3. The Balaban J connectivity index is 1.61. The van der Waals surface area contributed by atoms with E-state index in [1.54, 1.807) is 6.92 Å². The molecular weight excluding hydrogens is 388 g/mol. The van der Waals surface area contributed by atoms with Crippen molar-refractivity contribution in [3.63, 3.8) is 0 Å². The van der Waals surface area contributed by atoms with Crippen LogP contribution in [0.4, 0.5) is 0 Å². The highest BCUT2D eigenvalue weighted by molar-refractivity contribution is 5.93. The van der Waals surface area contributed by atoms with Gasteiger partial charge in [-0.15, -0.1) is 0 Å². The van der Waals surface area contributed by atoms with E-state index in [9.17, 15) is 14.4 Å². The summed E-state index contributed by atoms with van der Waals surface area (Å²) in [6.07, 6.45) is 11.5. The third-order valence-electron chi connectivity index (χ3n) is 9.21. The first-order valence-electron chi connectivity index (χ1n) is 12.4. The first kappa shape index (κ1) is 22.5. The quantitative estimate of drug-likeness (QED) is 0.308. The van der Waals surface area contributed by atoms with Crippen LogP contribution in [-0.2, 0) is 19.1 Å². The van der Waals surface area contributed by atoms with Crippen molar-refractivity contribution in [2.45, 2.75) is 97.0 Å². The maximum Gasteiger partial charge on any atom is 0.307 e. The third-order valence-corrected chi connectivity index (χ3v) is 9.21. The normalized spacial score (nSPS) is 39.3. The second kappa shape index (κ2) is 8.33. The van der Waals surface area contributed by atoms with Crippen LogP contribution in [0.25, 0.3) is 0 Å². The van der Waals surface area contributed by atoms with Gasteiger partial charge >= 0.3 is 5.97 Å². The molecule has 0 saturated heterocycles. The molecule has 0 heterocycles. The Hall–Kier alpha value is -1.71. The van der Waals surface area contributed by atoms with Gasteiger partial charge in [0.1, 0.15) is 0 Å². The predicted octanol–water partition coefficient (Wildman–Crippen LogP) is 5.75. The monoisotopic (exact) mass is 426 g/mol. The molecule has 4 aliphatic carbocycles. The molecule has 0 unspecified atom stereocenters. The van der Waals surface area contributed by atoms with E-state index in [0.717, 1.165) is 63.4 Å². The zero-order chi connectivity index (χ0) is 22.4. The van der Waals surface area contributed by atoms with Gasteiger partial charge in [-0.25, -0.2) is 0 Å². The molecule has 0 bridgehead atoms. The van der Waals surface area contributed by atoms with E-state index < -0.39 is 5.60 Å². The second-order valence-corrected chi connectivity index (χ2v) is 10.7. The fraction of sp³-hybridized carbons (Fsp3) is 0.741. The molecule has 3 saturated carbocycles. The van der Waals surface area contributed by atoms with E-state index >= 15 is 0 Å². The fourth-order valence-corrected chi connectivity index (χ4v) is 7.78. The average molecular weight is 427 g/mol. The molecule has 4 rings (SSSR count). The molecule has 0 radical (unpaired) electrons. The van der Waals surface area contributed by atoms with Gasteiger partial charge in [-0.3, -0.25) is 14.4 Å². The van der Waals surface area contributed by atoms with E-state index in [-0.39, 0.29) is 23.0 Å². The van der Waals surface area contributed by atoms with Crippen LogP contribution in [0, 0.1) is 29.1 Å². The number of allylic oxidation sites excluding steroid dienone is 1. The van der Waals surface area contributed by atoms with Crippen molar-refractivity contribution in [3.8, 4) is 0 Å². The maximum atomic E-state index is 13.1. The Morgan fingerprint density at radius 1 is 1.16 bits per heavy atom.